The lowest BCUT2D eigenvalue weighted by Crippen LogP contribution is -2.16. The first-order chi connectivity index (χ1) is 10.1. The minimum Gasteiger partial charge on any atom is -0.313 e. The first-order valence-electron chi connectivity index (χ1n) is 7.63. The van der Waals surface area contributed by atoms with Crippen LogP contribution in [0.15, 0.2) is 22.7 Å². The molecule has 0 saturated heterocycles. The van der Waals surface area contributed by atoms with Gasteiger partial charge in [-0.05, 0) is 62.6 Å². The maximum Gasteiger partial charge on any atom is 0.0694 e. The van der Waals surface area contributed by atoms with Crippen molar-refractivity contribution < 1.29 is 0 Å². The van der Waals surface area contributed by atoms with Gasteiger partial charge in [0, 0.05) is 16.7 Å². The molecule has 0 fully saturated rings. The van der Waals surface area contributed by atoms with E-state index >= 15 is 0 Å². The predicted octanol–water partition coefficient (Wildman–Crippen LogP) is 4.31. The van der Waals surface area contributed by atoms with Gasteiger partial charge in [-0.2, -0.15) is 5.10 Å². The van der Waals surface area contributed by atoms with E-state index in [-0.39, 0.29) is 0 Å². The Bertz CT molecular complexity index is 617. The fourth-order valence-electron chi connectivity index (χ4n) is 2.72. The Kier molecular flexibility index (Phi) is 5.59. The number of benzene rings is 1. The van der Waals surface area contributed by atoms with Gasteiger partial charge in [-0.15, -0.1) is 0 Å². The number of nitrogens with zero attached hydrogens (tertiary/aromatic N) is 2. The number of aromatic nitrogens is 2. The van der Waals surface area contributed by atoms with Crippen molar-refractivity contribution in [2.45, 2.75) is 47.1 Å². The zero-order valence-electron chi connectivity index (χ0n) is 13.3. The lowest BCUT2D eigenvalue weighted by molar-refractivity contribution is 0.668. The molecule has 1 N–H and O–H groups in total. The molecule has 0 aliphatic rings. The molecule has 0 saturated carbocycles. The van der Waals surface area contributed by atoms with E-state index < -0.39 is 0 Å². The van der Waals surface area contributed by atoms with E-state index in [0.717, 1.165) is 36.1 Å². The highest BCUT2D eigenvalue weighted by Gasteiger charge is 2.14. The van der Waals surface area contributed by atoms with Gasteiger partial charge in [-0.1, -0.05) is 29.8 Å². The number of aryl methyl sites for hydroxylation is 1. The SMILES string of the molecule is CCCNCc1cc(Br)ccc1-n1nc(C)c(CC)c1C. The Morgan fingerprint density at radius 1 is 1.24 bits per heavy atom. The van der Waals surface area contributed by atoms with Gasteiger partial charge in [0.1, 0.15) is 0 Å². The number of halogens is 1. The van der Waals surface area contributed by atoms with Gasteiger partial charge in [0.25, 0.3) is 0 Å². The van der Waals surface area contributed by atoms with Crippen molar-refractivity contribution in [3.63, 3.8) is 0 Å². The van der Waals surface area contributed by atoms with Crippen LogP contribution >= 0.6 is 15.9 Å². The van der Waals surface area contributed by atoms with Gasteiger partial charge < -0.3 is 5.32 Å². The summed E-state index contributed by atoms with van der Waals surface area (Å²) < 4.78 is 3.20. The molecule has 1 heterocycles. The van der Waals surface area contributed by atoms with Crippen LogP contribution in [0.25, 0.3) is 5.69 Å². The maximum atomic E-state index is 4.74. The second-order valence-electron chi connectivity index (χ2n) is 5.36. The van der Waals surface area contributed by atoms with Gasteiger partial charge in [-0.3, -0.25) is 0 Å². The first-order valence-corrected chi connectivity index (χ1v) is 8.42. The molecule has 0 atom stereocenters. The summed E-state index contributed by atoms with van der Waals surface area (Å²) in [5.41, 5.74) is 6.16. The number of nitrogens with one attached hydrogen (secondary N) is 1. The normalized spacial score (nSPS) is 11.1. The molecular formula is C17H24BrN3. The van der Waals surface area contributed by atoms with Crippen molar-refractivity contribution in [1.82, 2.24) is 15.1 Å². The van der Waals surface area contributed by atoms with Crippen LogP contribution in [0.2, 0.25) is 0 Å². The molecular weight excluding hydrogens is 326 g/mol. The van der Waals surface area contributed by atoms with Crippen LogP contribution < -0.4 is 5.32 Å². The van der Waals surface area contributed by atoms with Crippen molar-refractivity contribution in [3.8, 4) is 5.69 Å². The number of hydrogen-bond donors (Lipinski definition) is 1. The topological polar surface area (TPSA) is 29.9 Å². The Balaban J connectivity index is 2.43. The molecule has 0 aliphatic carbocycles. The second kappa shape index (κ2) is 7.23. The average molecular weight is 350 g/mol. The van der Waals surface area contributed by atoms with Crippen molar-refractivity contribution in [2.75, 3.05) is 6.54 Å². The van der Waals surface area contributed by atoms with E-state index in [0.29, 0.717) is 0 Å². The van der Waals surface area contributed by atoms with Crippen LogP contribution in [-0.2, 0) is 13.0 Å². The fourth-order valence-corrected chi connectivity index (χ4v) is 3.13. The molecule has 0 spiro atoms. The van der Waals surface area contributed by atoms with Crippen molar-refractivity contribution >= 4 is 15.9 Å². The lowest BCUT2D eigenvalue weighted by Gasteiger charge is -2.13. The molecule has 1 aromatic carbocycles. The third-order valence-corrected chi connectivity index (χ3v) is 4.30. The van der Waals surface area contributed by atoms with Gasteiger partial charge in [-0.25, -0.2) is 4.68 Å². The lowest BCUT2D eigenvalue weighted by atomic mass is 10.1. The van der Waals surface area contributed by atoms with Crippen molar-refractivity contribution in [3.05, 3.63) is 45.2 Å². The Morgan fingerprint density at radius 3 is 2.62 bits per heavy atom. The third kappa shape index (κ3) is 3.55. The molecule has 2 rings (SSSR count). The molecule has 21 heavy (non-hydrogen) atoms. The highest BCUT2D eigenvalue weighted by atomic mass is 79.9. The fraction of sp³-hybridized carbons (Fsp3) is 0.471. The molecule has 0 amide bonds. The van der Waals surface area contributed by atoms with Crippen LogP contribution in [0.3, 0.4) is 0 Å². The summed E-state index contributed by atoms with van der Waals surface area (Å²) in [7, 11) is 0. The summed E-state index contributed by atoms with van der Waals surface area (Å²) in [6.07, 6.45) is 2.17. The highest BCUT2D eigenvalue weighted by molar-refractivity contribution is 9.10. The smallest absolute Gasteiger partial charge is 0.0694 e. The van der Waals surface area contributed by atoms with Gasteiger partial charge >= 0.3 is 0 Å². The third-order valence-electron chi connectivity index (χ3n) is 3.81. The molecule has 0 aliphatic heterocycles. The van der Waals surface area contributed by atoms with E-state index in [1.54, 1.807) is 0 Å². The second-order valence-corrected chi connectivity index (χ2v) is 6.28. The molecule has 0 bridgehead atoms. The van der Waals surface area contributed by atoms with Gasteiger partial charge in [0.15, 0.2) is 0 Å². The van der Waals surface area contributed by atoms with Crippen molar-refractivity contribution in [2.24, 2.45) is 0 Å². The average Bonchev–Trinajstić information content (AvgIpc) is 2.74. The molecule has 2 aromatic rings. The van der Waals surface area contributed by atoms with Crippen molar-refractivity contribution in [1.29, 1.82) is 0 Å². The molecule has 114 valence electrons. The predicted molar refractivity (Wildman–Crippen MR) is 92.1 cm³/mol. The number of hydrogen-bond acceptors (Lipinski definition) is 2. The maximum absolute atomic E-state index is 4.74. The Labute approximate surface area is 135 Å². The van der Waals surface area contributed by atoms with E-state index in [2.05, 4.69) is 71.8 Å². The zero-order chi connectivity index (χ0) is 15.4. The van der Waals surface area contributed by atoms with E-state index in [9.17, 15) is 0 Å². The molecule has 0 unspecified atom stereocenters. The van der Waals surface area contributed by atoms with Crippen LogP contribution in [0.5, 0.6) is 0 Å². The molecule has 1 aromatic heterocycles. The Morgan fingerprint density at radius 2 is 2.00 bits per heavy atom. The summed E-state index contributed by atoms with van der Waals surface area (Å²) in [5, 5.41) is 8.23. The summed E-state index contributed by atoms with van der Waals surface area (Å²) in [5.74, 6) is 0. The molecule has 4 heteroatoms. The highest BCUT2D eigenvalue weighted by Crippen LogP contribution is 2.24. The minimum atomic E-state index is 0.864. The molecule has 0 radical (unpaired) electrons. The van der Waals surface area contributed by atoms with Crippen LogP contribution in [-0.4, -0.2) is 16.3 Å². The largest absolute Gasteiger partial charge is 0.313 e. The monoisotopic (exact) mass is 349 g/mol. The Hall–Kier alpha value is -1.13. The summed E-state index contributed by atoms with van der Waals surface area (Å²) in [6.45, 7) is 10.5. The van der Waals surface area contributed by atoms with E-state index in [1.165, 1.54) is 22.5 Å². The van der Waals surface area contributed by atoms with Crippen LogP contribution in [0.1, 0.15) is 42.8 Å². The van der Waals surface area contributed by atoms with E-state index in [4.69, 9.17) is 5.10 Å². The summed E-state index contributed by atoms with van der Waals surface area (Å²) in [4.78, 5) is 0. The van der Waals surface area contributed by atoms with Crippen LogP contribution in [0, 0.1) is 13.8 Å². The van der Waals surface area contributed by atoms with Crippen LogP contribution in [0.4, 0.5) is 0 Å². The summed E-state index contributed by atoms with van der Waals surface area (Å²) >= 11 is 3.57. The number of rotatable bonds is 6. The van der Waals surface area contributed by atoms with Gasteiger partial charge in [0.05, 0.1) is 11.4 Å². The quantitative estimate of drug-likeness (QED) is 0.787. The minimum absolute atomic E-state index is 0.864. The summed E-state index contributed by atoms with van der Waals surface area (Å²) in [6, 6.07) is 6.41. The zero-order valence-corrected chi connectivity index (χ0v) is 14.9. The molecule has 3 nitrogen and oxygen atoms in total. The standard InChI is InChI=1S/C17H24BrN3/c1-5-9-19-11-14-10-15(18)7-8-17(14)21-13(4)16(6-2)12(3)20-21/h7-8,10,19H,5-6,9,11H2,1-4H3. The first kappa shape index (κ1) is 16.2. The van der Waals surface area contributed by atoms with Gasteiger partial charge in [0.2, 0.25) is 0 Å². The van der Waals surface area contributed by atoms with E-state index in [1.807, 2.05) is 0 Å².